The Morgan fingerprint density at radius 1 is 1.11 bits per heavy atom. The van der Waals surface area contributed by atoms with Gasteiger partial charge in [-0.15, -0.1) is 11.8 Å². The Morgan fingerprint density at radius 2 is 1.93 bits per heavy atom. The van der Waals surface area contributed by atoms with Crippen LogP contribution in [-0.2, 0) is 20.0 Å². The highest BCUT2D eigenvalue weighted by molar-refractivity contribution is 7.98. The van der Waals surface area contributed by atoms with E-state index in [4.69, 9.17) is 14.2 Å². The SMILES string of the molecule is COC(=O)OCOc1c2n(ccc1=O)N([C@@H]1c3cc(F)c(F)cc3CSc3ccccc31)[C@@H]1[C@H]3C[C@@H]4CC[C@@]3(CCN1C2=O)O4. The van der Waals surface area contributed by atoms with E-state index < -0.39 is 53.7 Å². The van der Waals surface area contributed by atoms with E-state index in [0.717, 1.165) is 36.8 Å². The summed E-state index contributed by atoms with van der Waals surface area (Å²) in [7, 11) is 1.14. The lowest BCUT2D eigenvalue weighted by Gasteiger charge is -2.57. The quantitative estimate of drug-likeness (QED) is 0.298. The number of aromatic nitrogens is 1. The number of fused-ring (bicyclic) bond motifs is 6. The van der Waals surface area contributed by atoms with E-state index in [-0.39, 0.29) is 23.5 Å². The van der Waals surface area contributed by atoms with E-state index in [1.165, 1.54) is 36.2 Å². The number of ether oxygens (including phenoxy) is 4. The van der Waals surface area contributed by atoms with Crippen LogP contribution < -0.4 is 15.2 Å². The van der Waals surface area contributed by atoms with Crippen molar-refractivity contribution >= 4 is 23.8 Å². The maximum atomic E-state index is 15.1. The van der Waals surface area contributed by atoms with Gasteiger partial charge in [0, 0.05) is 35.4 Å². The molecular formula is C32H29F2N3O7S. The Bertz CT molecular complexity index is 1800. The van der Waals surface area contributed by atoms with Crippen LogP contribution in [0.2, 0.25) is 0 Å². The van der Waals surface area contributed by atoms with Crippen molar-refractivity contribution in [3.63, 3.8) is 0 Å². The number of hydrogen-bond donors (Lipinski definition) is 0. The standard InChI is InChI=1S/C32H29F2N3O7S/c1-41-31(40)43-16-42-28-24(38)7-10-36-27(28)30(39)35-11-9-32-8-6-18(44-32)13-21(32)29(35)37(36)26-19-4-2-3-5-25(19)45-15-17-12-22(33)23(34)14-20(17)26/h2-5,7,10,12,14,18,21,26,29H,6,8-9,11,13,15-16H2,1H3/t18-,21+,26-,29+,32-/m0/s1. The van der Waals surface area contributed by atoms with E-state index in [2.05, 4.69) is 4.74 Å². The van der Waals surface area contributed by atoms with Crippen LogP contribution in [0.1, 0.15) is 58.9 Å². The topological polar surface area (TPSA) is 99.5 Å². The Balaban J connectivity index is 1.37. The van der Waals surface area contributed by atoms with Gasteiger partial charge in [0.1, 0.15) is 6.17 Å². The molecule has 1 spiro atoms. The zero-order valence-corrected chi connectivity index (χ0v) is 25.1. The van der Waals surface area contributed by atoms with Crippen LogP contribution in [0.15, 0.2) is 58.4 Å². The molecule has 45 heavy (non-hydrogen) atoms. The van der Waals surface area contributed by atoms with Crippen molar-refractivity contribution in [1.29, 1.82) is 0 Å². The Kier molecular flexibility index (Phi) is 6.61. The van der Waals surface area contributed by atoms with E-state index in [0.29, 0.717) is 29.8 Å². The summed E-state index contributed by atoms with van der Waals surface area (Å²) < 4.78 is 53.1. The first-order valence-electron chi connectivity index (χ1n) is 14.9. The fourth-order valence-electron chi connectivity index (χ4n) is 7.96. The van der Waals surface area contributed by atoms with E-state index in [1.807, 2.05) is 29.3 Å². The summed E-state index contributed by atoms with van der Waals surface area (Å²) in [5, 5.41) is 2.01. The second-order valence-electron chi connectivity index (χ2n) is 12.0. The van der Waals surface area contributed by atoms with Crippen LogP contribution in [0.4, 0.5) is 13.6 Å². The number of pyridine rings is 1. The van der Waals surface area contributed by atoms with Gasteiger partial charge in [0.2, 0.25) is 18.0 Å². The van der Waals surface area contributed by atoms with E-state index in [9.17, 15) is 18.8 Å². The number of halogens is 2. The number of carbonyl (C=O) groups is 2. The molecule has 5 aliphatic rings. The molecule has 10 nitrogen and oxygen atoms in total. The highest BCUT2D eigenvalue weighted by atomic mass is 32.2. The highest BCUT2D eigenvalue weighted by Crippen LogP contribution is 2.57. The third kappa shape index (κ3) is 4.27. The minimum Gasteiger partial charge on any atom is -0.451 e. The molecule has 5 aliphatic heterocycles. The first-order chi connectivity index (χ1) is 21.8. The molecule has 0 radical (unpaired) electrons. The Hall–Kier alpha value is -4.10. The molecule has 6 heterocycles. The summed E-state index contributed by atoms with van der Waals surface area (Å²) in [5.74, 6) is -2.28. The second kappa shape index (κ2) is 10.5. The third-order valence-corrected chi connectivity index (χ3v) is 11.0. The number of rotatable bonds is 4. The first kappa shape index (κ1) is 28.4. The van der Waals surface area contributed by atoms with Gasteiger partial charge in [0.25, 0.3) is 5.91 Å². The zero-order valence-electron chi connectivity index (χ0n) is 24.2. The van der Waals surface area contributed by atoms with Gasteiger partial charge >= 0.3 is 6.16 Å². The molecule has 3 aromatic rings. The fourth-order valence-corrected chi connectivity index (χ4v) is 9.05. The molecule has 3 fully saturated rings. The Morgan fingerprint density at radius 3 is 2.76 bits per heavy atom. The number of carbonyl (C=O) groups excluding carboxylic acids is 2. The monoisotopic (exact) mass is 637 g/mol. The molecular weight excluding hydrogens is 608 g/mol. The maximum absolute atomic E-state index is 15.1. The normalized spacial score (nSPS) is 27.5. The van der Waals surface area contributed by atoms with Crippen molar-refractivity contribution in [2.75, 3.05) is 25.5 Å². The van der Waals surface area contributed by atoms with Crippen LogP contribution in [0.25, 0.3) is 0 Å². The first-order valence-corrected chi connectivity index (χ1v) is 15.8. The summed E-state index contributed by atoms with van der Waals surface area (Å²) in [6.07, 6.45) is 3.26. The van der Waals surface area contributed by atoms with Crippen molar-refractivity contribution in [2.24, 2.45) is 5.92 Å². The lowest BCUT2D eigenvalue weighted by molar-refractivity contribution is -0.0758. The number of hydrogen-bond acceptors (Lipinski definition) is 9. The fraction of sp³-hybridized carbons (Fsp3) is 0.406. The van der Waals surface area contributed by atoms with Crippen LogP contribution in [0, 0.1) is 17.6 Å². The van der Waals surface area contributed by atoms with Crippen molar-refractivity contribution in [3.8, 4) is 5.75 Å². The van der Waals surface area contributed by atoms with Crippen molar-refractivity contribution in [2.45, 2.75) is 60.2 Å². The zero-order chi connectivity index (χ0) is 31.0. The minimum atomic E-state index is -1.01. The number of piperidine rings is 1. The molecule has 13 heteroatoms. The molecule has 3 saturated heterocycles. The summed E-state index contributed by atoms with van der Waals surface area (Å²) in [5.41, 5.74) is 1.000. The predicted octanol–water partition coefficient (Wildman–Crippen LogP) is 4.70. The third-order valence-electron chi connectivity index (χ3n) is 9.84. The summed E-state index contributed by atoms with van der Waals surface area (Å²) >= 11 is 1.53. The number of benzene rings is 2. The van der Waals surface area contributed by atoms with Gasteiger partial charge in [-0.05, 0) is 60.6 Å². The molecule has 2 bridgehead atoms. The van der Waals surface area contributed by atoms with Crippen LogP contribution in [0.3, 0.4) is 0 Å². The summed E-state index contributed by atoms with van der Waals surface area (Å²) in [4.78, 5) is 42.0. The number of thioether (sulfide) groups is 1. The minimum absolute atomic E-state index is 0.0502. The molecule has 1 aromatic heterocycles. The predicted molar refractivity (Wildman–Crippen MR) is 156 cm³/mol. The average Bonchev–Trinajstić information content (AvgIpc) is 3.58. The number of methoxy groups -OCH3 is 1. The highest BCUT2D eigenvalue weighted by Gasteiger charge is 2.63. The van der Waals surface area contributed by atoms with Crippen LogP contribution >= 0.6 is 11.8 Å². The lowest BCUT2D eigenvalue weighted by Crippen LogP contribution is -2.70. The number of amides is 1. The maximum Gasteiger partial charge on any atom is 0.510 e. The molecule has 1 amide bonds. The molecule has 5 atom stereocenters. The van der Waals surface area contributed by atoms with Gasteiger partial charge in [-0.25, -0.2) is 13.6 Å². The summed E-state index contributed by atoms with van der Waals surface area (Å²) in [6.45, 7) is -0.300. The van der Waals surface area contributed by atoms with Crippen molar-refractivity contribution in [1.82, 2.24) is 9.58 Å². The smallest absolute Gasteiger partial charge is 0.451 e. The molecule has 2 aromatic carbocycles. The molecule has 0 aliphatic carbocycles. The molecule has 0 N–H and O–H groups in total. The Labute approximate surface area is 260 Å². The largest absolute Gasteiger partial charge is 0.510 e. The lowest BCUT2D eigenvalue weighted by atomic mass is 9.71. The number of nitrogens with zero attached hydrogens (tertiary/aromatic N) is 3. The van der Waals surface area contributed by atoms with Crippen molar-refractivity contribution in [3.05, 3.63) is 92.9 Å². The van der Waals surface area contributed by atoms with E-state index >= 15 is 4.39 Å². The van der Waals surface area contributed by atoms with Crippen LogP contribution in [0.5, 0.6) is 5.75 Å². The average molecular weight is 638 g/mol. The van der Waals surface area contributed by atoms with Gasteiger partial charge < -0.3 is 23.8 Å². The summed E-state index contributed by atoms with van der Waals surface area (Å²) in [6, 6.07) is 10.9. The van der Waals surface area contributed by atoms with Crippen LogP contribution in [-0.4, -0.2) is 60.0 Å². The molecule has 8 rings (SSSR count). The molecule has 0 saturated carbocycles. The second-order valence-corrected chi connectivity index (χ2v) is 13.0. The van der Waals surface area contributed by atoms with Gasteiger partial charge in [-0.1, -0.05) is 18.2 Å². The van der Waals surface area contributed by atoms with E-state index in [1.54, 1.807) is 9.58 Å². The van der Waals surface area contributed by atoms with Gasteiger partial charge in [-0.3, -0.25) is 19.3 Å². The van der Waals surface area contributed by atoms with Crippen molar-refractivity contribution < 1.29 is 37.3 Å². The molecule has 0 unspecified atom stereocenters. The van der Waals surface area contributed by atoms with Gasteiger partial charge in [0.05, 0.1) is 24.9 Å². The van der Waals surface area contributed by atoms with Gasteiger partial charge in [0.15, 0.2) is 17.3 Å². The van der Waals surface area contributed by atoms with Gasteiger partial charge in [-0.2, -0.15) is 0 Å². The molecule has 234 valence electrons.